The summed E-state index contributed by atoms with van der Waals surface area (Å²) in [5.41, 5.74) is 1.04. The van der Waals surface area contributed by atoms with Crippen molar-refractivity contribution in [3.8, 4) is 5.75 Å². The SMILES string of the molecule is O=CCc1ccc(OCCCC2CCCNC2)cc1. The Balaban J connectivity index is 1.63. The van der Waals surface area contributed by atoms with Gasteiger partial charge in [-0.1, -0.05) is 12.1 Å². The normalized spacial score (nSPS) is 19.1. The van der Waals surface area contributed by atoms with E-state index in [1.54, 1.807) is 0 Å². The average Bonchev–Trinajstić information content (AvgIpc) is 2.47. The third kappa shape index (κ3) is 5.03. The molecule has 1 aliphatic heterocycles. The van der Waals surface area contributed by atoms with Crippen LogP contribution in [0.2, 0.25) is 0 Å². The van der Waals surface area contributed by atoms with E-state index in [4.69, 9.17) is 4.74 Å². The molecule has 0 amide bonds. The molecule has 0 radical (unpaired) electrons. The number of benzene rings is 1. The van der Waals surface area contributed by atoms with Crippen molar-refractivity contribution in [1.29, 1.82) is 0 Å². The van der Waals surface area contributed by atoms with Gasteiger partial charge in [0.1, 0.15) is 12.0 Å². The average molecular weight is 261 g/mol. The number of carbonyl (C=O) groups is 1. The highest BCUT2D eigenvalue weighted by molar-refractivity contribution is 5.55. The monoisotopic (exact) mass is 261 g/mol. The van der Waals surface area contributed by atoms with Crippen molar-refractivity contribution in [2.45, 2.75) is 32.1 Å². The molecule has 1 N–H and O–H groups in total. The van der Waals surface area contributed by atoms with E-state index in [2.05, 4.69) is 5.32 Å². The van der Waals surface area contributed by atoms with Crippen LogP contribution in [0.25, 0.3) is 0 Å². The number of piperidine rings is 1. The molecule has 2 rings (SSSR count). The molecule has 3 nitrogen and oxygen atoms in total. The second-order valence-electron chi connectivity index (χ2n) is 5.22. The Morgan fingerprint density at radius 3 is 2.84 bits per heavy atom. The first-order valence-corrected chi connectivity index (χ1v) is 7.24. The lowest BCUT2D eigenvalue weighted by Gasteiger charge is -2.22. The van der Waals surface area contributed by atoms with E-state index in [-0.39, 0.29) is 0 Å². The smallest absolute Gasteiger partial charge is 0.124 e. The van der Waals surface area contributed by atoms with Gasteiger partial charge in [-0.2, -0.15) is 0 Å². The molecule has 0 bridgehead atoms. The van der Waals surface area contributed by atoms with Gasteiger partial charge in [-0.25, -0.2) is 0 Å². The summed E-state index contributed by atoms with van der Waals surface area (Å²) in [7, 11) is 0. The van der Waals surface area contributed by atoms with Crippen molar-refractivity contribution in [2.75, 3.05) is 19.7 Å². The van der Waals surface area contributed by atoms with Gasteiger partial charge in [-0.15, -0.1) is 0 Å². The zero-order valence-electron chi connectivity index (χ0n) is 11.4. The minimum absolute atomic E-state index is 0.481. The van der Waals surface area contributed by atoms with E-state index >= 15 is 0 Å². The molecule has 1 aromatic carbocycles. The molecule has 0 spiro atoms. The maximum absolute atomic E-state index is 10.4. The predicted molar refractivity (Wildman–Crippen MR) is 76.5 cm³/mol. The molecule has 1 atom stereocenters. The first-order valence-electron chi connectivity index (χ1n) is 7.24. The highest BCUT2D eigenvalue weighted by Crippen LogP contribution is 2.17. The van der Waals surface area contributed by atoms with Gasteiger partial charge in [0.2, 0.25) is 0 Å². The van der Waals surface area contributed by atoms with Gasteiger partial charge >= 0.3 is 0 Å². The van der Waals surface area contributed by atoms with Crippen molar-refractivity contribution in [1.82, 2.24) is 5.32 Å². The minimum Gasteiger partial charge on any atom is -0.494 e. The van der Waals surface area contributed by atoms with E-state index in [1.165, 1.54) is 32.4 Å². The molecule has 1 unspecified atom stereocenters. The molecular weight excluding hydrogens is 238 g/mol. The number of carbonyl (C=O) groups excluding carboxylic acids is 1. The number of aldehydes is 1. The van der Waals surface area contributed by atoms with Crippen LogP contribution in [0.15, 0.2) is 24.3 Å². The number of nitrogens with one attached hydrogen (secondary N) is 1. The van der Waals surface area contributed by atoms with Crippen molar-refractivity contribution < 1.29 is 9.53 Å². The van der Waals surface area contributed by atoms with Gasteiger partial charge in [0.15, 0.2) is 0 Å². The van der Waals surface area contributed by atoms with E-state index in [0.717, 1.165) is 36.5 Å². The Kier molecular flexibility index (Phi) is 5.89. The molecule has 0 aliphatic carbocycles. The largest absolute Gasteiger partial charge is 0.494 e. The topological polar surface area (TPSA) is 38.3 Å². The fourth-order valence-corrected chi connectivity index (χ4v) is 2.55. The van der Waals surface area contributed by atoms with Crippen molar-refractivity contribution in [3.63, 3.8) is 0 Å². The van der Waals surface area contributed by atoms with Gasteiger partial charge in [-0.05, 0) is 62.4 Å². The number of rotatable bonds is 7. The van der Waals surface area contributed by atoms with Crippen molar-refractivity contribution in [2.24, 2.45) is 5.92 Å². The summed E-state index contributed by atoms with van der Waals surface area (Å²) in [4.78, 5) is 10.4. The van der Waals surface area contributed by atoms with Crippen LogP contribution in [0.5, 0.6) is 5.75 Å². The van der Waals surface area contributed by atoms with Gasteiger partial charge in [0, 0.05) is 6.42 Å². The van der Waals surface area contributed by atoms with Crippen LogP contribution >= 0.6 is 0 Å². The van der Waals surface area contributed by atoms with Crippen LogP contribution in [0.3, 0.4) is 0 Å². The summed E-state index contributed by atoms with van der Waals surface area (Å²) in [5, 5.41) is 3.44. The zero-order valence-corrected chi connectivity index (χ0v) is 11.4. The van der Waals surface area contributed by atoms with Crippen LogP contribution in [0.4, 0.5) is 0 Å². The van der Waals surface area contributed by atoms with Crippen LogP contribution in [-0.2, 0) is 11.2 Å². The van der Waals surface area contributed by atoms with Crippen LogP contribution in [0, 0.1) is 5.92 Å². The Bertz CT molecular complexity index is 369. The number of ether oxygens (including phenoxy) is 1. The maximum Gasteiger partial charge on any atom is 0.124 e. The first kappa shape index (κ1) is 14.1. The Morgan fingerprint density at radius 2 is 2.16 bits per heavy atom. The second kappa shape index (κ2) is 7.95. The van der Waals surface area contributed by atoms with Crippen molar-refractivity contribution >= 4 is 6.29 Å². The highest BCUT2D eigenvalue weighted by atomic mass is 16.5. The summed E-state index contributed by atoms with van der Waals surface area (Å²) in [6.07, 6.45) is 6.43. The summed E-state index contributed by atoms with van der Waals surface area (Å²) in [6, 6.07) is 7.80. The molecule has 0 aromatic heterocycles. The molecular formula is C16H23NO2. The lowest BCUT2D eigenvalue weighted by molar-refractivity contribution is -0.107. The fourth-order valence-electron chi connectivity index (χ4n) is 2.55. The van der Waals surface area contributed by atoms with E-state index in [0.29, 0.717) is 6.42 Å². The summed E-state index contributed by atoms with van der Waals surface area (Å²) < 4.78 is 5.72. The van der Waals surface area contributed by atoms with Crippen LogP contribution in [0.1, 0.15) is 31.2 Å². The second-order valence-corrected chi connectivity index (χ2v) is 5.22. The standard InChI is InChI=1S/C16H23NO2/c18-11-9-14-5-7-16(8-6-14)19-12-2-4-15-3-1-10-17-13-15/h5-8,11,15,17H,1-4,9-10,12-13H2. The Labute approximate surface area is 115 Å². The van der Waals surface area contributed by atoms with Crippen LogP contribution < -0.4 is 10.1 Å². The lowest BCUT2D eigenvalue weighted by atomic mass is 9.95. The summed E-state index contributed by atoms with van der Waals surface area (Å²) >= 11 is 0. The molecule has 3 heteroatoms. The fraction of sp³-hybridized carbons (Fsp3) is 0.562. The van der Waals surface area contributed by atoms with E-state index < -0.39 is 0 Å². The molecule has 1 aromatic rings. The number of hydrogen-bond acceptors (Lipinski definition) is 3. The van der Waals surface area contributed by atoms with Gasteiger partial charge in [0.25, 0.3) is 0 Å². The summed E-state index contributed by atoms with van der Waals surface area (Å²) in [6.45, 7) is 3.13. The molecule has 1 heterocycles. The van der Waals surface area contributed by atoms with Crippen LogP contribution in [-0.4, -0.2) is 26.0 Å². The first-order chi connectivity index (χ1) is 9.38. The molecule has 0 saturated carbocycles. The van der Waals surface area contributed by atoms with Gasteiger partial charge < -0.3 is 14.8 Å². The maximum atomic E-state index is 10.4. The quantitative estimate of drug-likeness (QED) is 0.605. The molecule has 104 valence electrons. The van der Waals surface area contributed by atoms with Gasteiger partial charge in [-0.3, -0.25) is 0 Å². The van der Waals surface area contributed by atoms with Gasteiger partial charge in [0.05, 0.1) is 6.61 Å². The number of hydrogen-bond donors (Lipinski definition) is 1. The zero-order chi connectivity index (χ0) is 13.3. The highest BCUT2D eigenvalue weighted by Gasteiger charge is 2.11. The Morgan fingerprint density at radius 1 is 1.32 bits per heavy atom. The molecule has 1 aliphatic rings. The van der Waals surface area contributed by atoms with E-state index in [9.17, 15) is 4.79 Å². The minimum atomic E-state index is 0.481. The molecule has 1 fully saturated rings. The Hall–Kier alpha value is -1.35. The molecule has 19 heavy (non-hydrogen) atoms. The van der Waals surface area contributed by atoms with Crippen molar-refractivity contribution in [3.05, 3.63) is 29.8 Å². The molecule has 1 saturated heterocycles. The predicted octanol–water partition coefficient (Wildman–Crippen LogP) is 2.59. The summed E-state index contributed by atoms with van der Waals surface area (Å²) in [5.74, 6) is 1.73. The van der Waals surface area contributed by atoms with E-state index in [1.807, 2.05) is 24.3 Å². The third-order valence-corrected chi connectivity index (χ3v) is 3.67. The lowest BCUT2D eigenvalue weighted by Crippen LogP contribution is -2.29. The third-order valence-electron chi connectivity index (χ3n) is 3.67.